The molecular weight excluding hydrogens is 258 g/mol. The molecular formula is C14H21N3O3. The van der Waals surface area contributed by atoms with Gasteiger partial charge in [0.25, 0.3) is 0 Å². The van der Waals surface area contributed by atoms with Crippen molar-refractivity contribution in [2.24, 2.45) is 0 Å². The summed E-state index contributed by atoms with van der Waals surface area (Å²) in [6.45, 7) is 10.8. The molecule has 0 bridgehead atoms. The van der Waals surface area contributed by atoms with Gasteiger partial charge in [-0.3, -0.25) is 4.68 Å². The first kappa shape index (κ1) is 14.4. The Hall–Kier alpha value is -1.98. The summed E-state index contributed by atoms with van der Waals surface area (Å²) in [6.07, 6.45) is 0.474. The molecule has 0 radical (unpaired) electrons. The van der Waals surface area contributed by atoms with Crippen molar-refractivity contribution in [3.8, 4) is 0 Å². The van der Waals surface area contributed by atoms with Crippen LogP contribution in [0.1, 0.15) is 38.6 Å². The van der Waals surface area contributed by atoms with E-state index >= 15 is 0 Å². The lowest BCUT2D eigenvalue weighted by molar-refractivity contribution is 0.0236. The number of hydrogen-bond acceptors (Lipinski definition) is 4. The standard InChI is InChI=1S/C14H21N3O3/c1-10(18)12-8-11-9-16(6-5-7-17(11)15-12)13(19)20-14(2,3)4/h8,18H,1,5-7,9H2,2-4H3. The number of carbonyl (C=O) groups is 1. The number of aliphatic hydroxyl groups is 1. The SMILES string of the molecule is C=C(O)c1cc2n(n1)CCCN(C(=O)OC(C)(C)C)C2. The van der Waals surface area contributed by atoms with Crippen molar-refractivity contribution in [2.75, 3.05) is 6.54 Å². The van der Waals surface area contributed by atoms with Crippen LogP contribution >= 0.6 is 0 Å². The Labute approximate surface area is 118 Å². The quantitative estimate of drug-likeness (QED) is 0.802. The van der Waals surface area contributed by atoms with Gasteiger partial charge in [-0.1, -0.05) is 6.58 Å². The predicted octanol–water partition coefficient (Wildman–Crippen LogP) is 2.55. The fraction of sp³-hybridized carbons (Fsp3) is 0.571. The Morgan fingerprint density at radius 3 is 2.75 bits per heavy atom. The second-order valence-electron chi connectivity index (χ2n) is 5.95. The van der Waals surface area contributed by atoms with Crippen molar-refractivity contribution in [3.63, 3.8) is 0 Å². The summed E-state index contributed by atoms with van der Waals surface area (Å²) in [6, 6.07) is 1.75. The number of aromatic nitrogens is 2. The Kier molecular flexibility index (Phi) is 3.74. The summed E-state index contributed by atoms with van der Waals surface area (Å²) in [5.74, 6) is -0.0607. The fourth-order valence-electron chi connectivity index (χ4n) is 2.09. The lowest BCUT2D eigenvalue weighted by Crippen LogP contribution is -2.36. The molecule has 0 unspecified atom stereocenters. The van der Waals surface area contributed by atoms with Crippen LogP contribution < -0.4 is 0 Å². The van der Waals surface area contributed by atoms with Gasteiger partial charge in [-0.2, -0.15) is 5.10 Å². The van der Waals surface area contributed by atoms with Gasteiger partial charge in [0, 0.05) is 13.1 Å². The van der Waals surface area contributed by atoms with Crippen molar-refractivity contribution in [1.29, 1.82) is 0 Å². The molecule has 1 aliphatic rings. The first-order chi connectivity index (χ1) is 9.26. The molecule has 0 spiro atoms. The second-order valence-corrected chi connectivity index (χ2v) is 5.95. The number of hydrogen-bond donors (Lipinski definition) is 1. The molecule has 1 N–H and O–H groups in total. The van der Waals surface area contributed by atoms with E-state index in [1.54, 1.807) is 15.6 Å². The van der Waals surface area contributed by atoms with Gasteiger partial charge in [0.2, 0.25) is 0 Å². The second kappa shape index (κ2) is 5.19. The smallest absolute Gasteiger partial charge is 0.410 e. The molecule has 1 amide bonds. The topological polar surface area (TPSA) is 67.6 Å². The number of aryl methyl sites for hydroxylation is 1. The van der Waals surface area contributed by atoms with E-state index in [0.29, 0.717) is 25.3 Å². The van der Waals surface area contributed by atoms with Crippen molar-refractivity contribution < 1.29 is 14.6 Å². The zero-order chi connectivity index (χ0) is 14.9. The summed E-state index contributed by atoms with van der Waals surface area (Å²) >= 11 is 0. The Bertz CT molecular complexity index is 528. The minimum atomic E-state index is -0.506. The number of aliphatic hydroxyl groups excluding tert-OH is 1. The van der Waals surface area contributed by atoms with E-state index < -0.39 is 5.60 Å². The summed E-state index contributed by atoms with van der Waals surface area (Å²) in [7, 11) is 0. The number of nitrogens with zero attached hydrogens (tertiary/aromatic N) is 3. The van der Waals surface area contributed by atoms with E-state index in [9.17, 15) is 9.90 Å². The molecule has 20 heavy (non-hydrogen) atoms. The van der Waals surface area contributed by atoms with Gasteiger partial charge < -0.3 is 14.7 Å². The lowest BCUT2D eigenvalue weighted by atomic mass is 10.2. The third kappa shape index (κ3) is 3.31. The maximum Gasteiger partial charge on any atom is 0.410 e. The molecule has 0 saturated carbocycles. The first-order valence-electron chi connectivity index (χ1n) is 6.69. The van der Waals surface area contributed by atoms with Gasteiger partial charge >= 0.3 is 6.09 Å². The predicted molar refractivity (Wildman–Crippen MR) is 75.2 cm³/mol. The number of ether oxygens (including phenoxy) is 1. The molecule has 6 nitrogen and oxygen atoms in total. The van der Waals surface area contributed by atoms with E-state index in [-0.39, 0.29) is 11.9 Å². The molecule has 0 atom stereocenters. The van der Waals surface area contributed by atoms with Crippen molar-refractivity contribution in [3.05, 3.63) is 24.0 Å². The average molecular weight is 279 g/mol. The van der Waals surface area contributed by atoms with Gasteiger partial charge in [0.15, 0.2) is 0 Å². The Morgan fingerprint density at radius 1 is 1.45 bits per heavy atom. The molecule has 0 aliphatic carbocycles. The van der Waals surface area contributed by atoms with Crippen LogP contribution in [0, 0.1) is 0 Å². The van der Waals surface area contributed by atoms with Crippen LogP contribution in [0.15, 0.2) is 12.6 Å². The van der Waals surface area contributed by atoms with Crippen LogP contribution in [0.5, 0.6) is 0 Å². The molecule has 1 aliphatic heterocycles. The third-order valence-corrected chi connectivity index (χ3v) is 2.96. The van der Waals surface area contributed by atoms with Crippen LogP contribution in [-0.2, 0) is 17.8 Å². The van der Waals surface area contributed by atoms with Gasteiger partial charge in [-0.25, -0.2) is 4.79 Å². The molecule has 2 heterocycles. The fourth-order valence-corrected chi connectivity index (χ4v) is 2.09. The molecule has 0 saturated heterocycles. The van der Waals surface area contributed by atoms with E-state index in [1.165, 1.54) is 0 Å². The molecule has 6 heteroatoms. The highest BCUT2D eigenvalue weighted by Gasteiger charge is 2.25. The summed E-state index contributed by atoms with van der Waals surface area (Å²) < 4.78 is 7.20. The first-order valence-corrected chi connectivity index (χ1v) is 6.69. The van der Waals surface area contributed by atoms with Crippen LogP contribution in [0.2, 0.25) is 0 Å². The van der Waals surface area contributed by atoms with E-state index in [1.807, 2.05) is 20.8 Å². The summed E-state index contributed by atoms with van der Waals surface area (Å²) in [5, 5.41) is 13.7. The van der Waals surface area contributed by atoms with Crippen molar-refractivity contribution in [2.45, 2.75) is 45.9 Å². The van der Waals surface area contributed by atoms with Crippen LogP contribution in [0.4, 0.5) is 4.79 Å². The largest absolute Gasteiger partial charge is 0.506 e. The zero-order valence-electron chi connectivity index (χ0n) is 12.2. The molecule has 110 valence electrons. The number of fused-ring (bicyclic) bond motifs is 1. The van der Waals surface area contributed by atoms with Crippen LogP contribution in [0.25, 0.3) is 5.76 Å². The van der Waals surface area contributed by atoms with E-state index in [0.717, 1.165) is 12.1 Å². The van der Waals surface area contributed by atoms with E-state index in [2.05, 4.69) is 11.7 Å². The third-order valence-electron chi connectivity index (χ3n) is 2.96. The molecule has 0 aromatic carbocycles. The number of rotatable bonds is 1. The highest BCUT2D eigenvalue weighted by molar-refractivity contribution is 5.68. The molecule has 1 aromatic heterocycles. The van der Waals surface area contributed by atoms with Crippen molar-refractivity contribution >= 4 is 11.9 Å². The van der Waals surface area contributed by atoms with Gasteiger partial charge in [0.1, 0.15) is 17.1 Å². The Morgan fingerprint density at radius 2 is 2.15 bits per heavy atom. The number of carbonyl (C=O) groups excluding carboxylic acids is 1. The zero-order valence-corrected chi connectivity index (χ0v) is 12.2. The van der Waals surface area contributed by atoms with Gasteiger partial charge in [-0.15, -0.1) is 0 Å². The maximum absolute atomic E-state index is 12.1. The highest BCUT2D eigenvalue weighted by atomic mass is 16.6. The van der Waals surface area contributed by atoms with E-state index in [4.69, 9.17) is 4.74 Å². The Balaban J connectivity index is 2.15. The van der Waals surface area contributed by atoms with Crippen LogP contribution in [0.3, 0.4) is 0 Å². The maximum atomic E-state index is 12.1. The normalized spacial score (nSPS) is 15.4. The average Bonchev–Trinajstić information content (AvgIpc) is 2.59. The van der Waals surface area contributed by atoms with Gasteiger partial charge in [0.05, 0.1) is 12.2 Å². The molecule has 0 fully saturated rings. The summed E-state index contributed by atoms with van der Waals surface area (Å²) in [5.41, 5.74) is 0.818. The highest BCUT2D eigenvalue weighted by Crippen LogP contribution is 2.19. The molecule has 2 rings (SSSR count). The monoisotopic (exact) mass is 279 g/mol. The lowest BCUT2D eigenvalue weighted by Gasteiger charge is -2.26. The minimum absolute atomic E-state index is 0.0607. The molecule has 1 aromatic rings. The van der Waals surface area contributed by atoms with Gasteiger partial charge in [-0.05, 0) is 33.3 Å². The summed E-state index contributed by atoms with van der Waals surface area (Å²) in [4.78, 5) is 13.8. The van der Waals surface area contributed by atoms with Crippen LogP contribution in [-0.4, -0.2) is 38.0 Å². The minimum Gasteiger partial charge on any atom is -0.506 e. The van der Waals surface area contributed by atoms with Crippen molar-refractivity contribution in [1.82, 2.24) is 14.7 Å². The number of amides is 1.